The van der Waals surface area contributed by atoms with Crippen LogP contribution in [0.5, 0.6) is 0 Å². The Bertz CT molecular complexity index is 1420. The summed E-state index contributed by atoms with van der Waals surface area (Å²) < 4.78 is 15.1. The van der Waals surface area contributed by atoms with Gasteiger partial charge < -0.3 is 20.4 Å². The van der Waals surface area contributed by atoms with Gasteiger partial charge in [-0.2, -0.15) is 0 Å². The number of nitrogens with one attached hydrogen (secondary N) is 2. The van der Waals surface area contributed by atoms with E-state index in [0.717, 1.165) is 37.3 Å². The zero-order chi connectivity index (χ0) is 31.3. The molecule has 3 fully saturated rings. The fourth-order valence-corrected chi connectivity index (χ4v) is 8.03. The molecule has 0 spiro atoms. The van der Waals surface area contributed by atoms with E-state index in [1.165, 1.54) is 62.3 Å². The van der Waals surface area contributed by atoms with E-state index < -0.39 is 11.7 Å². The first-order chi connectivity index (χ1) is 21.9. The van der Waals surface area contributed by atoms with Gasteiger partial charge in [0.1, 0.15) is 5.82 Å². The predicted molar refractivity (Wildman–Crippen MR) is 180 cm³/mol. The average Bonchev–Trinajstić information content (AvgIpc) is 3.60. The lowest BCUT2D eigenvalue weighted by Gasteiger charge is -2.44. The van der Waals surface area contributed by atoms with Crippen LogP contribution in [0.25, 0.3) is 0 Å². The molecule has 2 unspecified atom stereocenters. The summed E-state index contributed by atoms with van der Waals surface area (Å²) in [5.74, 6) is -1.35. The molecule has 2 aliphatic heterocycles. The Kier molecular flexibility index (Phi) is 9.91. The van der Waals surface area contributed by atoms with Crippen LogP contribution in [0.2, 0.25) is 0 Å². The normalized spacial score (nSPS) is 24.0. The number of aryl methyl sites for hydroxylation is 2. The molecule has 2 aromatic carbocycles. The molecule has 6 rings (SSSR count). The lowest BCUT2D eigenvalue weighted by Crippen LogP contribution is -2.55. The number of likely N-dealkylation sites (tertiary alicyclic amines) is 1. The van der Waals surface area contributed by atoms with Crippen molar-refractivity contribution in [3.8, 4) is 0 Å². The van der Waals surface area contributed by atoms with E-state index in [1.807, 2.05) is 6.07 Å². The summed E-state index contributed by atoms with van der Waals surface area (Å²) in [5, 5.41) is 6.97. The summed E-state index contributed by atoms with van der Waals surface area (Å²) in [4.78, 5) is 32.5. The second-order valence-corrected chi connectivity index (χ2v) is 13.4. The number of carbonyl (C=O) groups is 2. The van der Waals surface area contributed by atoms with Crippen LogP contribution in [0.15, 0.2) is 60.3 Å². The van der Waals surface area contributed by atoms with Gasteiger partial charge in [0.05, 0.1) is 17.5 Å². The second-order valence-electron chi connectivity index (χ2n) is 13.4. The van der Waals surface area contributed by atoms with Crippen molar-refractivity contribution in [1.82, 2.24) is 10.2 Å². The highest BCUT2D eigenvalue weighted by Crippen LogP contribution is 2.37. The maximum absolute atomic E-state index is 15.1. The highest BCUT2D eigenvalue weighted by molar-refractivity contribution is 5.98. The maximum atomic E-state index is 15.1. The number of hydrogen-bond donors (Lipinski definition) is 2. The Morgan fingerprint density at radius 3 is 2.47 bits per heavy atom. The molecule has 2 N–H and O–H groups in total. The molecule has 2 saturated heterocycles. The topological polar surface area (TPSA) is 64.7 Å². The molecule has 3 atom stereocenters. The molecule has 6 nitrogen and oxygen atoms in total. The Hall–Kier alpha value is -3.61. The minimum atomic E-state index is -0.506. The van der Waals surface area contributed by atoms with Crippen molar-refractivity contribution in [2.24, 2.45) is 11.8 Å². The smallest absolute Gasteiger partial charge is 0.257 e. The Morgan fingerprint density at radius 1 is 0.956 bits per heavy atom. The summed E-state index contributed by atoms with van der Waals surface area (Å²) >= 11 is 0. The Morgan fingerprint density at radius 2 is 1.76 bits per heavy atom. The number of amides is 2. The molecule has 2 amide bonds. The summed E-state index contributed by atoms with van der Waals surface area (Å²) in [6.07, 6.45) is 18.2. The SMILES string of the molecule is CCc1ccc(NC(=O)C2CCCN(C(=O)c3c(C)cccc3F)C2[C@@H]2C=CC(NC3CCCCC3)=CC2)cc1N1CCCC1. The van der Waals surface area contributed by atoms with Crippen molar-refractivity contribution in [1.29, 1.82) is 0 Å². The molecule has 45 heavy (non-hydrogen) atoms. The van der Waals surface area contributed by atoms with Crippen molar-refractivity contribution < 1.29 is 14.0 Å². The quantitative estimate of drug-likeness (QED) is 0.323. The van der Waals surface area contributed by atoms with E-state index in [9.17, 15) is 9.59 Å². The van der Waals surface area contributed by atoms with Crippen molar-refractivity contribution in [2.45, 2.75) is 96.6 Å². The highest BCUT2D eigenvalue weighted by atomic mass is 19.1. The van der Waals surface area contributed by atoms with E-state index in [4.69, 9.17) is 0 Å². The Labute approximate surface area is 268 Å². The third-order valence-electron chi connectivity index (χ3n) is 10.4. The third kappa shape index (κ3) is 6.97. The number of nitrogens with zero attached hydrogens (tertiary/aromatic N) is 2. The van der Waals surface area contributed by atoms with Crippen LogP contribution in [-0.2, 0) is 11.2 Å². The van der Waals surface area contributed by atoms with Gasteiger partial charge in [-0.1, -0.05) is 56.5 Å². The minimum absolute atomic E-state index is 0.0448. The molecule has 2 aliphatic carbocycles. The number of benzene rings is 2. The Balaban J connectivity index is 1.26. The molecule has 0 radical (unpaired) electrons. The molecule has 0 bridgehead atoms. The van der Waals surface area contributed by atoms with Gasteiger partial charge in [0.2, 0.25) is 5.91 Å². The van der Waals surface area contributed by atoms with Crippen molar-refractivity contribution in [2.75, 3.05) is 29.9 Å². The number of carbonyl (C=O) groups excluding carboxylic acids is 2. The first kappa shape index (κ1) is 31.4. The van der Waals surface area contributed by atoms with Crippen molar-refractivity contribution >= 4 is 23.2 Å². The molecule has 0 aromatic heterocycles. The molecular formula is C38H49FN4O2. The van der Waals surface area contributed by atoms with Crippen LogP contribution in [-0.4, -0.2) is 48.4 Å². The van der Waals surface area contributed by atoms with Crippen LogP contribution >= 0.6 is 0 Å². The monoisotopic (exact) mass is 612 g/mol. The number of hydrogen-bond acceptors (Lipinski definition) is 4. The van der Waals surface area contributed by atoms with E-state index in [1.54, 1.807) is 24.0 Å². The fraction of sp³-hybridized carbons (Fsp3) is 0.526. The first-order valence-corrected chi connectivity index (χ1v) is 17.3. The third-order valence-corrected chi connectivity index (χ3v) is 10.4. The van der Waals surface area contributed by atoms with Crippen LogP contribution < -0.4 is 15.5 Å². The van der Waals surface area contributed by atoms with E-state index in [2.05, 4.69) is 52.8 Å². The van der Waals surface area contributed by atoms with Crippen LogP contribution in [0, 0.1) is 24.6 Å². The molecule has 4 aliphatic rings. The molecule has 2 heterocycles. The standard InChI is InChI=1S/C38H49FN4O2/c1-3-27-16-21-31(25-34(27)42-22-7-8-23-42)41-37(44)32-14-10-24-43(38(45)35-26(2)11-9-15-33(35)39)36(32)28-17-19-30(20-18-28)40-29-12-5-4-6-13-29/h9,11,15-17,19-21,25,28-29,32,36,40H,3-8,10,12-14,18,22-24H2,1-2H3,(H,41,44)/t28-,32?,36?/m1/s1. The van der Waals surface area contributed by atoms with E-state index >= 15 is 4.39 Å². The summed E-state index contributed by atoms with van der Waals surface area (Å²) in [7, 11) is 0. The van der Waals surface area contributed by atoms with Gasteiger partial charge in [0.15, 0.2) is 0 Å². The highest BCUT2D eigenvalue weighted by Gasteiger charge is 2.43. The number of rotatable bonds is 8. The lowest BCUT2D eigenvalue weighted by atomic mass is 9.77. The summed E-state index contributed by atoms with van der Waals surface area (Å²) in [6, 6.07) is 11.2. The molecule has 240 valence electrons. The first-order valence-electron chi connectivity index (χ1n) is 17.3. The molecular weight excluding hydrogens is 563 g/mol. The summed E-state index contributed by atoms with van der Waals surface area (Å²) in [5.41, 5.74) is 5.16. The average molecular weight is 613 g/mol. The lowest BCUT2D eigenvalue weighted by molar-refractivity contribution is -0.123. The van der Waals surface area contributed by atoms with Gasteiger partial charge in [0, 0.05) is 48.7 Å². The summed E-state index contributed by atoms with van der Waals surface area (Å²) in [6.45, 7) is 6.54. The van der Waals surface area contributed by atoms with E-state index in [-0.39, 0.29) is 29.3 Å². The van der Waals surface area contributed by atoms with Gasteiger partial charge in [-0.05, 0) is 93.7 Å². The maximum Gasteiger partial charge on any atom is 0.257 e. The largest absolute Gasteiger partial charge is 0.383 e. The molecule has 2 aromatic rings. The number of piperidine rings is 1. The molecule has 7 heteroatoms. The van der Waals surface area contributed by atoms with Gasteiger partial charge in [-0.3, -0.25) is 9.59 Å². The van der Waals surface area contributed by atoms with Crippen LogP contribution in [0.4, 0.5) is 15.8 Å². The van der Waals surface area contributed by atoms with Gasteiger partial charge in [-0.15, -0.1) is 0 Å². The van der Waals surface area contributed by atoms with Crippen LogP contribution in [0.1, 0.15) is 92.6 Å². The number of anilines is 2. The van der Waals surface area contributed by atoms with Gasteiger partial charge in [-0.25, -0.2) is 4.39 Å². The number of allylic oxidation sites excluding steroid dienone is 2. The van der Waals surface area contributed by atoms with Gasteiger partial charge in [0.25, 0.3) is 5.91 Å². The zero-order valence-electron chi connectivity index (χ0n) is 27.0. The van der Waals surface area contributed by atoms with E-state index in [0.29, 0.717) is 31.0 Å². The minimum Gasteiger partial charge on any atom is -0.383 e. The second kappa shape index (κ2) is 14.2. The molecule has 1 saturated carbocycles. The van der Waals surface area contributed by atoms with Crippen LogP contribution in [0.3, 0.4) is 0 Å². The van der Waals surface area contributed by atoms with Crippen molar-refractivity contribution in [3.05, 3.63) is 82.8 Å². The fourth-order valence-electron chi connectivity index (χ4n) is 8.03. The zero-order valence-corrected chi connectivity index (χ0v) is 27.0. The van der Waals surface area contributed by atoms with Crippen molar-refractivity contribution in [3.63, 3.8) is 0 Å². The predicted octanol–water partition coefficient (Wildman–Crippen LogP) is 7.54. The number of halogens is 1. The van der Waals surface area contributed by atoms with Gasteiger partial charge >= 0.3 is 0 Å².